The highest BCUT2D eigenvalue weighted by Gasteiger charge is 2.36. The van der Waals surface area contributed by atoms with Gasteiger partial charge in [0.05, 0.1) is 5.56 Å². The van der Waals surface area contributed by atoms with Gasteiger partial charge in [-0.2, -0.15) is 13.2 Å². The zero-order valence-corrected chi connectivity index (χ0v) is 10.4. The van der Waals surface area contributed by atoms with Crippen LogP contribution in [0.15, 0.2) is 24.3 Å². The lowest BCUT2D eigenvalue weighted by Crippen LogP contribution is -2.40. The number of nitrogens with zero attached hydrogens (tertiary/aromatic N) is 1. The number of rotatable bonds is 2. The third-order valence-corrected chi connectivity index (χ3v) is 3.24. The Balaban J connectivity index is 2.28. The summed E-state index contributed by atoms with van der Waals surface area (Å²) in [6.45, 7) is 0.242. The molecule has 1 aliphatic rings. The van der Waals surface area contributed by atoms with Crippen molar-refractivity contribution in [3.8, 4) is 0 Å². The summed E-state index contributed by atoms with van der Waals surface area (Å²) in [5, 5.41) is 8.99. The summed E-state index contributed by atoms with van der Waals surface area (Å²) in [7, 11) is 0. The summed E-state index contributed by atoms with van der Waals surface area (Å²) >= 11 is 0. The number of carboxylic acid groups (broad SMARTS) is 1. The Bertz CT molecular complexity index is 542. The monoisotopic (exact) mass is 287 g/mol. The van der Waals surface area contributed by atoms with Crippen molar-refractivity contribution < 1.29 is 27.9 Å². The molecule has 108 valence electrons. The fourth-order valence-corrected chi connectivity index (χ4v) is 2.26. The molecule has 1 heterocycles. The van der Waals surface area contributed by atoms with Crippen LogP contribution in [-0.4, -0.2) is 34.5 Å². The highest BCUT2D eigenvalue weighted by Crippen LogP contribution is 2.30. The highest BCUT2D eigenvalue weighted by atomic mass is 19.4. The third kappa shape index (κ3) is 2.76. The molecule has 1 N–H and O–H groups in total. The van der Waals surface area contributed by atoms with Gasteiger partial charge in [-0.05, 0) is 31.0 Å². The topological polar surface area (TPSA) is 57.6 Å². The Hall–Kier alpha value is -2.05. The first-order valence-electron chi connectivity index (χ1n) is 6.02. The summed E-state index contributed by atoms with van der Waals surface area (Å²) in [4.78, 5) is 24.2. The van der Waals surface area contributed by atoms with Crippen molar-refractivity contribution in [2.75, 3.05) is 6.54 Å². The van der Waals surface area contributed by atoms with Gasteiger partial charge in [0.25, 0.3) is 5.91 Å². The number of carbonyl (C=O) groups is 2. The largest absolute Gasteiger partial charge is 0.480 e. The van der Waals surface area contributed by atoms with Gasteiger partial charge in [0.15, 0.2) is 0 Å². The van der Waals surface area contributed by atoms with E-state index in [0.29, 0.717) is 12.8 Å². The Kier molecular flexibility index (Phi) is 3.69. The fourth-order valence-electron chi connectivity index (χ4n) is 2.26. The summed E-state index contributed by atoms with van der Waals surface area (Å²) in [6, 6.07) is 3.06. The maximum absolute atomic E-state index is 12.6. The average molecular weight is 287 g/mol. The van der Waals surface area contributed by atoms with E-state index in [4.69, 9.17) is 5.11 Å². The minimum atomic E-state index is -4.53. The van der Waals surface area contributed by atoms with Crippen molar-refractivity contribution >= 4 is 11.9 Å². The van der Waals surface area contributed by atoms with Gasteiger partial charge in [0.1, 0.15) is 6.04 Å². The number of carboxylic acids is 1. The second-order valence-electron chi connectivity index (χ2n) is 4.57. The molecule has 7 heteroatoms. The summed E-state index contributed by atoms with van der Waals surface area (Å²) in [5.41, 5.74) is -1.07. The molecule has 0 spiro atoms. The number of hydrogen-bond donors (Lipinski definition) is 1. The number of aliphatic carboxylic acids is 1. The third-order valence-electron chi connectivity index (χ3n) is 3.24. The Labute approximate surface area is 112 Å². The Morgan fingerprint density at radius 3 is 2.60 bits per heavy atom. The maximum Gasteiger partial charge on any atom is 0.416 e. The fraction of sp³-hybridized carbons (Fsp3) is 0.385. The molecular weight excluding hydrogens is 275 g/mol. The van der Waals surface area contributed by atoms with Crippen LogP contribution in [0.5, 0.6) is 0 Å². The van der Waals surface area contributed by atoms with Gasteiger partial charge in [-0.1, -0.05) is 6.07 Å². The van der Waals surface area contributed by atoms with Gasteiger partial charge in [0, 0.05) is 12.1 Å². The van der Waals surface area contributed by atoms with Crippen LogP contribution in [0.25, 0.3) is 0 Å². The molecular formula is C13H12F3NO3. The van der Waals surface area contributed by atoms with E-state index in [0.717, 1.165) is 23.1 Å². The molecule has 0 radical (unpaired) electrons. The zero-order valence-electron chi connectivity index (χ0n) is 10.4. The van der Waals surface area contributed by atoms with E-state index in [9.17, 15) is 22.8 Å². The number of alkyl halides is 3. The first-order chi connectivity index (χ1) is 9.30. The summed E-state index contributed by atoms with van der Waals surface area (Å²) in [5.74, 6) is -1.82. The van der Waals surface area contributed by atoms with Gasteiger partial charge in [-0.15, -0.1) is 0 Å². The normalized spacial score (nSPS) is 19.1. The second kappa shape index (κ2) is 5.15. The minimum Gasteiger partial charge on any atom is -0.480 e. The SMILES string of the molecule is O=C(O)C1CCCN1C(=O)c1cccc(C(F)(F)F)c1. The summed E-state index contributed by atoms with van der Waals surface area (Å²) < 4.78 is 37.8. The average Bonchev–Trinajstić information content (AvgIpc) is 2.86. The van der Waals surface area contributed by atoms with E-state index in [-0.39, 0.29) is 12.1 Å². The number of carbonyl (C=O) groups excluding carboxylic acids is 1. The highest BCUT2D eigenvalue weighted by molar-refractivity contribution is 5.97. The molecule has 20 heavy (non-hydrogen) atoms. The number of hydrogen-bond acceptors (Lipinski definition) is 2. The van der Waals surface area contributed by atoms with Crippen molar-refractivity contribution in [1.29, 1.82) is 0 Å². The van der Waals surface area contributed by atoms with Crippen molar-refractivity contribution in [1.82, 2.24) is 4.90 Å². The van der Waals surface area contributed by atoms with Gasteiger partial charge in [-0.25, -0.2) is 4.79 Å². The van der Waals surface area contributed by atoms with Crippen LogP contribution >= 0.6 is 0 Å². The van der Waals surface area contributed by atoms with Crippen LogP contribution in [0.3, 0.4) is 0 Å². The van der Waals surface area contributed by atoms with Crippen LogP contribution < -0.4 is 0 Å². The molecule has 4 nitrogen and oxygen atoms in total. The van der Waals surface area contributed by atoms with Gasteiger partial charge in [-0.3, -0.25) is 4.79 Å². The van der Waals surface area contributed by atoms with Gasteiger partial charge >= 0.3 is 12.1 Å². The van der Waals surface area contributed by atoms with Crippen LogP contribution in [0.1, 0.15) is 28.8 Å². The molecule has 2 rings (SSSR count). The van der Waals surface area contributed by atoms with Crippen LogP contribution in [0.4, 0.5) is 13.2 Å². The quantitative estimate of drug-likeness (QED) is 0.908. The van der Waals surface area contributed by atoms with Crippen LogP contribution in [-0.2, 0) is 11.0 Å². The van der Waals surface area contributed by atoms with Crippen molar-refractivity contribution in [2.24, 2.45) is 0 Å². The van der Waals surface area contributed by atoms with E-state index >= 15 is 0 Å². The first kappa shape index (κ1) is 14.4. The van der Waals surface area contributed by atoms with E-state index in [2.05, 4.69) is 0 Å². The van der Waals surface area contributed by atoms with Crippen molar-refractivity contribution in [2.45, 2.75) is 25.1 Å². The van der Waals surface area contributed by atoms with Gasteiger partial charge in [0.2, 0.25) is 0 Å². The predicted molar refractivity (Wildman–Crippen MR) is 63.1 cm³/mol. The molecule has 1 fully saturated rings. The van der Waals surface area contributed by atoms with E-state index < -0.39 is 29.7 Å². The van der Waals surface area contributed by atoms with E-state index in [1.54, 1.807) is 0 Å². The molecule has 1 aliphatic heterocycles. The standard InChI is InChI=1S/C13H12F3NO3/c14-13(15,16)9-4-1-3-8(7-9)11(18)17-6-2-5-10(17)12(19)20/h1,3-4,7,10H,2,5-6H2,(H,19,20). The molecule has 0 aromatic heterocycles. The van der Waals surface area contributed by atoms with Crippen LogP contribution in [0, 0.1) is 0 Å². The van der Waals surface area contributed by atoms with E-state index in [1.807, 2.05) is 0 Å². The lowest BCUT2D eigenvalue weighted by Gasteiger charge is -2.21. The lowest BCUT2D eigenvalue weighted by molar-refractivity contribution is -0.141. The molecule has 1 atom stereocenters. The number of benzene rings is 1. The van der Waals surface area contributed by atoms with E-state index in [1.165, 1.54) is 6.07 Å². The summed E-state index contributed by atoms with van der Waals surface area (Å²) in [6.07, 6.45) is -3.69. The molecule has 1 aromatic carbocycles. The molecule has 1 unspecified atom stereocenters. The first-order valence-corrected chi connectivity index (χ1v) is 6.02. The van der Waals surface area contributed by atoms with Crippen LogP contribution in [0.2, 0.25) is 0 Å². The lowest BCUT2D eigenvalue weighted by atomic mass is 10.1. The number of likely N-dealkylation sites (tertiary alicyclic amines) is 1. The van der Waals surface area contributed by atoms with Crippen molar-refractivity contribution in [3.63, 3.8) is 0 Å². The second-order valence-corrected chi connectivity index (χ2v) is 4.57. The van der Waals surface area contributed by atoms with Gasteiger partial charge < -0.3 is 10.0 Å². The maximum atomic E-state index is 12.6. The molecule has 1 amide bonds. The zero-order chi connectivity index (χ0) is 14.9. The molecule has 1 saturated heterocycles. The predicted octanol–water partition coefficient (Wildman–Crippen LogP) is 2.39. The number of amides is 1. The number of halogens is 3. The smallest absolute Gasteiger partial charge is 0.416 e. The molecule has 1 aromatic rings. The molecule has 0 aliphatic carbocycles. The molecule has 0 bridgehead atoms. The minimum absolute atomic E-state index is 0.145. The molecule has 0 saturated carbocycles. The Morgan fingerprint density at radius 2 is 2.00 bits per heavy atom. The Morgan fingerprint density at radius 1 is 1.30 bits per heavy atom. The van der Waals surface area contributed by atoms with Crippen molar-refractivity contribution in [3.05, 3.63) is 35.4 Å².